The third-order valence-corrected chi connectivity index (χ3v) is 3.72. The van der Waals surface area contributed by atoms with Crippen molar-refractivity contribution in [3.05, 3.63) is 66.5 Å². The summed E-state index contributed by atoms with van der Waals surface area (Å²) in [6, 6.07) is 13.5. The van der Waals surface area contributed by atoms with E-state index in [9.17, 15) is 9.59 Å². The first kappa shape index (κ1) is 17.2. The van der Waals surface area contributed by atoms with Crippen LogP contribution in [0.5, 0.6) is 0 Å². The molecule has 4 N–H and O–H groups in total. The van der Waals surface area contributed by atoms with Crippen molar-refractivity contribution in [3.63, 3.8) is 0 Å². The Balaban J connectivity index is 1.71. The van der Waals surface area contributed by atoms with Crippen molar-refractivity contribution in [3.8, 4) is 11.3 Å². The number of hydrogen-bond acceptors (Lipinski definition) is 4. The highest BCUT2D eigenvalue weighted by Crippen LogP contribution is 2.18. The van der Waals surface area contributed by atoms with Gasteiger partial charge in [-0.2, -0.15) is 5.10 Å². The monoisotopic (exact) mass is 351 g/mol. The molecule has 8 nitrogen and oxygen atoms in total. The van der Waals surface area contributed by atoms with Gasteiger partial charge in [0.15, 0.2) is 5.82 Å². The van der Waals surface area contributed by atoms with Crippen molar-refractivity contribution >= 4 is 17.8 Å². The average Bonchev–Trinajstić information content (AvgIpc) is 3.11. The molecule has 3 aromatic rings. The summed E-state index contributed by atoms with van der Waals surface area (Å²) in [5, 5.41) is 20.8. The molecule has 26 heavy (non-hydrogen) atoms. The molecule has 2 amide bonds. The fraction of sp³-hybridized carbons (Fsp3) is 0.111. The lowest BCUT2D eigenvalue weighted by Gasteiger charge is -2.16. The van der Waals surface area contributed by atoms with Crippen LogP contribution < -0.4 is 10.6 Å². The van der Waals surface area contributed by atoms with Gasteiger partial charge in [0.05, 0.1) is 5.69 Å². The Bertz CT molecular complexity index is 880. The van der Waals surface area contributed by atoms with Gasteiger partial charge in [-0.1, -0.05) is 30.3 Å². The first-order valence-electron chi connectivity index (χ1n) is 7.92. The fourth-order valence-electron chi connectivity index (χ4n) is 2.49. The van der Waals surface area contributed by atoms with Crippen LogP contribution in [0.2, 0.25) is 0 Å². The minimum absolute atomic E-state index is 0.237. The number of rotatable bonds is 6. The lowest BCUT2D eigenvalue weighted by atomic mass is 10.1. The van der Waals surface area contributed by atoms with E-state index < -0.39 is 18.0 Å². The van der Waals surface area contributed by atoms with Crippen LogP contribution in [-0.2, 0) is 11.2 Å². The average molecular weight is 351 g/mol. The Morgan fingerprint density at radius 1 is 1.12 bits per heavy atom. The number of carbonyl (C=O) groups excluding carboxylic acids is 1. The van der Waals surface area contributed by atoms with E-state index in [0.717, 1.165) is 11.1 Å². The van der Waals surface area contributed by atoms with Crippen LogP contribution in [-0.4, -0.2) is 38.3 Å². The Labute approximate surface area is 149 Å². The minimum Gasteiger partial charge on any atom is -0.465 e. The standard InChI is InChI=1S/C18H17N5O3/c24-17(15(20-18(25)26)10-12-4-2-1-3-5-12)21-16-11-14(22-23-16)13-6-8-19-9-7-13/h1-9,11,15,20H,10H2,(H,25,26)(H2,21,22,23,24). The topological polar surface area (TPSA) is 120 Å². The molecule has 1 atom stereocenters. The third-order valence-electron chi connectivity index (χ3n) is 3.72. The van der Waals surface area contributed by atoms with Crippen LogP contribution in [0.15, 0.2) is 60.9 Å². The summed E-state index contributed by atoms with van der Waals surface area (Å²) in [6.07, 6.45) is 2.28. The van der Waals surface area contributed by atoms with Gasteiger partial charge in [-0.3, -0.25) is 14.9 Å². The van der Waals surface area contributed by atoms with E-state index in [2.05, 4.69) is 25.8 Å². The van der Waals surface area contributed by atoms with E-state index in [1.165, 1.54) is 0 Å². The Morgan fingerprint density at radius 2 is 1.85 bits per heavy atom. The number of hydrogen-bond donors (Lipinski definition) is 4. The molecule has 0 aliphatic rings. The SMILES string of the molecule is O=C(O)NC(Cc1ccccc1)C(=O)Nc1cc(-c2ccncc2)[nH]n1. The van der Waals surface area contributed by atoms with Crippen LogP contribution in [0.3, 0.4) is 0 Å². The molecule has 1 unspecified atom stereocenters. The molecule has 0 radical (unpaired) electrons. The van der Waals surface area contributed by atoms with Crippen LogP contribution in [0, 0.1) is 0 Å². The number of carboxylic acid groups (broad SMARTS) is 1. The third kappa shape index (κ3) is 4.44. The smallest absolute Gasteiger partial charge is 0.405 e. The molecule has 0 bridgehead atoms. The van der Waals surface area contributed by atoms with Gasteiger partial charge in [0, 0.05) is 30.4 Å². The predicted molar refractivity (Wildman–Crippen MR) is 95.5 cm³/mol. The maximum atomic E-state index is 12.5. The summed E-state index contributed by atoms with van der Waals surface area (Å²) < 4.78 is 0. The number of nitrogens with one attached hydrogen (secondary N) is 3. The quantitative estimate of drug-likeness (QED) is 0.543. The zero-order valence-corrected chi connectivity index (χ0v) is 13.7. The highest BCUT2D eigenvalue weighted by molar-refractivity contribution is 5.96. The number of aromatic amines is 1. The van der Waals surface area contributed by atoms with E-state index in [4.69, 9.17) is 5.11 Å². The molecule has 0 aliphatic carbocycles. The lowest BCUT2D eigenvalue weighted by Crippen LogP contribution is -2.44. The highest BCUT2D eigenvalue weighted by atomic mass is 16.4. The van der Waals surface area contributed by atoms with Gasteiger partial charge in [0.1, 0.15) is 6.04 Å². The van der Waals surface area contributed by atoms with Gasteiger partial charge in [0.2, 0.25) is 5.91 Å². The van der Waals surface area contributed by atoms with E-state index in [1.54, 1.807) is 18.5 Å². The molecule has 2 aromatic heterocycles. The van der Waals surface area contributed by atoms with Crippen molar-refractivity contribution in [2.24, 2.45) is 0 Å². The molecule has 0 fully saturated rings. The maximum absolute atomic E-state index is 12.5. The summed E-state index contributed by atoms with van der Waals surface area (Å²) in [5.41, 5.74) is 2.44. The molecular formula is C18H17N5O3. The summed E-state index contributed by atoms with van der Waals surface area (Å²) in [7, 11) is 0. The zero-order chi connectivity index (χ0) is 18.4. The van der Waals surface area contributed by atoms with Crippen molar-refractivity contribution in [1.82, 2.24) is 20.5 Å². The lowest BCUT2D eigenvalue weighted by molar-refractivity contribution is -0.118. The van der Waals surface area contributed by atoms with E-state index in [1.807, 2.05) is 42.5 Å². The molecule has 0 saturated heterocycles. The maximum Gasteiger partial charge on any atom is 0.405 e. The molecule has 0 saturated carbocycles. The normalized spacial score (nSPS) is 11.5. The largest absolute Gasteiger partial charge is 0.465 e. The second kappa shape index (κ2) is 7.93. The summed E-state index contributed by atoms with van der Waals surface area (Å²) in [6.45, 7) is 0. The minimum atomic E-state index is -1.26. The molecular weight excluding hydrogens is 334 g/mol. The number of pyridine rings is 1. The van der Waals surface area contributed by atoms with Crippen molar-refractivity contribution in [2.75, 3.05) is 5.32 Å². The first-order valence-corrected chi connectivity index (χ1v) is 7.92. The number of carbonyl (C=O) groups is 2. The van der Waals surface area contributed by atoms with E-state index in [-0.39, 0.29) is 6.42 Å². The number of nitrogens with zero attached hydrogens (tertiary/aromatic N) is 2. The molecule has 3 rings (SSSR count). The Hall–Kier alpha value is -3.68. The molecule has 0 spiro atoms. The van der Waals surface area contributed by atoms with Crippen LogP contribution in [0.4, 0.5) is 10.6 Å². The van der Waals surface area contributed by atoms with Gasteiger partial charge in [-0.05, 0) is 17.7 Å². The van der Waals surface area contributed by atoms with Crippen LogP contribution in [0.25, 0.3) is 11.3 Å². The van der Waals surface area contributed by atoms with E-state index in [0.29, 0.717) is 11.5 Å². The van der Waals surface area contributed by atoms with Crippen LogP contribution in [0.1, 0.15) is 5.56 Å². The first-order chi connectivity index (χ1) is 12.6. The summed E-state index contributed by atoms with van der Waals surface area (Å²) in [5.74, 6) is -0.170. The van der Waals surface area contributed by atoms with Gasteiger partial charge < -0.3 is 15.7 Å². The Kier molecular flexibility index (Phi) is 5.23. The van der Waals surface area contributed by atoms with Crippen molar-refractivity contribution < 1.29 is 14.7 Å². The van der Waals surface area contributed by atoms with Gasteiger partial charge in [-0.15, -0.1) is 0 Å². The number of H-pyrrole nitrogens is 1. The molecule has 1 aromatic carbocycles. The fourth-order valence-corrected chi connectivity index (χ4v) is 2.49. The molecule has 8 heteroatoms. The van der Waals surface area contributed by atoms with Gasteiger partial charge in [0.25, 0.3) is 0 Å². The number of benzene rings is 1. The van der Waals surface area contributed by atoms with E-state index >= 15 is 0 Å². The second-order valence-electron chi connectivity index (χ2n) is 5.58. The van der Waals surface area contributed by atoms with Gasteiger partial charge >= 0.3 is 6.09 Å². The zero-order valence-electron chi connectivity index (χ0n) is 13.7. The molecule has 132 valence electrons. The predicted octanol–water partition coefficient (Wildman–Crippen LogP) is 2.29. The van der Waals surface area contributed by atoms with Crippen molar-refractivity contribution in [1.29, 1.82) is 0 Å². The molecule has 2 heterocycles. The second-order valence-corrected chi connectivity index (χ2v) is 5.58. The number of amides is 2. The van der Waals surface area contributed by atoms with Gasteiger partial charge in [-0.25, -0.2) is 4.79 Å². The Morgan fingerprint density at radius 3 is 2.54 bits per heavy atom. The number of aromatic nitrogens is 3. The molecule has 0 aliphatic heterocycles. The number of anilines is 1. The summed E-state index contributed by atoms with van der Waals surface area (Å²) in [4.78, 5) is 27.5. The van der Waals surface area contributed by atoms with Crippen LogP contribution >= 0.6 is 0 Å². The van der Waals surface area contributed by atoms with Crippen molar-refractivity contribution in [2.45, 2.75) is 12.5 Å². The highest BCUT2D eigenvalue weighted by Gasteiger charge is 2.22. The summed E-state index contributed by atoms with van der Waals surface area (Å²) >= 11 is 0.